The Labute approximate surface area is 142 Å². The Kier molecular flexibility index (Phi) is 6.46. The molecule has 0 atom stereocenters. The Morgan fingerprint density at radius 3 is 2.58 bits per heavy atom. The van der Waals surface area contributed by atoms with Crippen LogP contribution in [-0.2, 0) is 11.3 Å². The van der Waals surface area contributed by atoms with E-state index in [-0.39, 0.29) is 11.9 Å². The monoisotopic (exact) mass is 334 g/mol. The molecule has 1 heterocycles. The van der Waals surface area contributed by atoms with E-state index in [1.807, 2.05) is 24.3 Å². The maximum absolute atomic E-state index is 12.3. The first-order valence-corrected chi connectivity index (χ1v) is 8.43. The average Bonchev–Trinajstić information content (AvgIpc) is 2.58. The van der Waals surface area contributed by atoms with Crippen LogP contribution in [0.1, 0.15) is 32.3 Å². The zero-order valence-corrected chi connectivity index (χ0v) is 14.3. The van der Waals surface area contributed by atoms with Crippen LogP contribution >= 0.6 is 0 Å². The van der Waals surface area contributed by atoms with Gasteiger partial charge in [-0.2, -0.15) is 0 Å². The largest absolute Gasteiger partial charge is 0.493 e. The van der Waals surface area contributed by atoms with Gasteiger partial charge in [-0.15, -0.1) is 0 Å². The molecule has 2 rings (SSSR count). The van der Waals surface area contributed by atoms with Crippen molar-refractivity contribution in [3.8, 4) is 5.75 Å². The summed E-state index contributed by atoms with van der Waals surface area (Å²) < 4.78 is 5.79. The van der Waals surface area contributed by atoms with E-state index >= 15 is 0 Å². The number of carbonyl (C=O) groups is 2. The van der Waals surface area contributed by atoms with Crippen LogP contribution in [0.3, 0.4) is 0 Å². The van der Waals surface area contributed by atoms with Crippen LogP contribution in [0.2, 0.25) is 0 Å². The SMILES string of the molecule is CC(C)COc1ccccc1CNC(=O)N1CCC(C(=O)O)CC1. The molecule has 2 amide bonds. The van der Waals surface area contributed by atoms with Gasteiger partial charge in [0.05, 0.1) is 12.5 Å². The molecule has 0 bridgehead atoms. The minimum absolute atomic E-state index is 0.155. The molecule has 0 unspecified atom stereocenters. The topological polar surface area (TPSA) is 78.9 Å². The Morgan fingerprint density at radius 2 is 1.96 bits per heavy atom. The number of ether oxygens (including phenoxy) is 1. The zero-order valence-electron chi connectivity index (χ0n) is 14.3. The molecule has 0 saturated carbocycles. The number of hydrogen-bond donors (Lipinski definition) is 2. The maximum Gasteiger partial charge on any atom is 0.317 e. The van der Waals surface area contributed by atoms with Crippen molar-refractivity contribution in [2.24, 2.45) is 11.8 Å². The fourth-order valence-electron chi connectivity index (χ4n) is 2.66. The molecule has 6 heteroatoms. The molecule has 1 aliphatic rings. The van der Waals surface area contributed by atoms with Gasteiger partial charge < -0.3 is 20.1 Å². The van der Waals surface area contributed by atoms with Gasteiger partial charge in [0.25, 0.3) is 0 Å². The third-order valence-electron chi connectivity index (χ3n) is 4.11. The summed E-state index contributed by atoms with van der Waals surface area (Å²) in [4.78, 5) is 24.9. The van der Waals surface area contributed by atoms with Crippen molar-refractivity contribution in [3.63, 3.8) is 0 Å². The molecule has 1 aromatic rings. The second-order valence-corrected chi connectivity index (χ2v) is 6.57. The molecule has 2 N–H and O–H groups in total. The molecule has 1 fully saturated rings. The highest BCUT2D eigenvalue weighted by atomic mass is 16.5. The van der Waals surface area contributed by atoms with Gasteiger partial charge in [0.15, 0.2) is 0 Å². The van der Waals surface area contributed by atoms with Gasteiger partial charge in [0, 0.05) is 25.2 Å². The number of benzene rings is 1. The molecule has 6 nitrogen and oxygen atoms in total. The van der Waals surface area contributed by atoms with Gasteiger partial charge in [-0.25, -0.2) is 4.79 Å². The van der Waals surface area contributed by atoms with Crippen molar-refractivity contribution in [3.05, 3.63) is 29.8 Å². The van der Waals surface area contributed by atoms with Crippen molar-refractivity contribution in [1.82, 2.24) is 10.2 Å². The summed E-state index contributed by atoms with van der Waals surface area (Å²) in [5.41, 5.74) is 0.937. The van der Waals surface area contributed by atoms with Crippen molar-refractivity contribution >= 4 is 12.0 Å². The predicted molar refractivity (Wildman–Crippen MR) is 90.9 cm³/mol. The summed E-state index contributed by atoms with van der Waals surface area (Å²) >= 11 is 0. The summed E-state index contributed by atoms with van der Waals surface area (Å²) in [5.74, 6) is 0.116. The van der Waals surface area contributed by atoms with Gasteiger partial charge in [0.2, 0.25) is 0 Å². The molecule has 0 radical (unpaired) electrons. The third kappa shape index (κ3) is 5.15. The van der Waals surface area contributed by atoms with E-state index in [1.165, 1.54) is 0 Å². The van der Waals surface area contributed by atoms with E-state index in [0.29, 0.717) is 45.0 Å². The number of carbonyl (C=O) groups excluding carboxylic acids is 1. The van der Waals surface area contributed by atoms with Gasteiger partial charge >= 0.3 is 12.0 Å². The van der Waals surface area contributed by atoms with Crippen LogP contribution in [-0.4, -0.2) is 41.7 Å². The Morgan fingerprint density at radius 1 is 1.29 bits per heavy atom. The van der Waals surface area contributed by atoms with Crippen molar-refractivity contribution < 1.29 is 19.4 Å². The number of piperidine rings is 1. The van der Waals surface area contributed by atoms with Crippen LogP contribution in [0.5, 0.6) is 5.75 Å². The molecule has 1 aliphatic heterocycles. The second-order valence-electron chi connectivity index (χ2n) is 6.57. The highest BCUT2D eigenvalue weighted by Gasteiger charge is 2.26. The number of likely N-dealkylation sites (tertiary alicyclic amines) is 1. The van der Waals surface area contributed by atoms with E-state index in [2.05, 4.69) is 19.2 Å². The number of nitrogens with zero attached hydrogens (tertiary/aromatic N) is 1. The highest BCUT2D eigenvalue weighted by molar-refractivity contribution is 5.75. The first-order chi connectivity index (χ1) is 11.5. The average molecular weight is 334 g/mol. The Balaban J connectivity index is 1.85. The predicted octanol–water partition coefficient (Wildman–Crippen LogP) is 2.73. The van der Waals surface area contributed by atoms with Crippen LogP contribution < -0.4 is 10.1 Å². The summed E-state index contributed by atoms with van der Waals surface area (Å²) in [5, 5.41) is 11.9. The fraction of sp³-hybridized carbons (Fsp3) is 0.556. The zero-order chi connectivity index (χ0) is 17.5. The molecule has 1 saturated heterocycles. The summed E-state index contributed by atoms with van der Waals surface area (Å²) in [7, 11) is 0. The summed E-state index contributed by atoms with van der Waals surface area (Å²) in [6, 6.07) is 7.52. The maximum atomic E-state index is 12.3. The first-order valence-electron chi connectivity index (χ1n) is 8.43. The first kappa shape index (κ1) is 18.1. The lowest BCUT2D eigenvalue weighted by Gasteiger charge is -2.30. The standard InChI is InChI=1S/C18H26N2O4/c1-13(2)12-24-16-6-4-3-5-15(16)11-19-18(23)20-9-7-14(8-10-20)17(21)22/h3-6,13-14H,7-12H2,1-2H3,(H,19,23)(H,21,22). The molecular weight excluding hydrogens is 308 g/mol. The number of para-hydroxylation sites is 1. The number of carboxylic acids is 1. The quantitative estimate of drug-likeness (QED) is 0.838. The van der Waals surface area contributed by atoms with E-state index in [4.69, 9.17) is 9.84 Å². The molecule has 132 valence electrons. The number of hydrogen-bond acceptors (Lipinski definition) is 3. The number of aliphatic carboxylic acids is 1. The molecule has 0 spiro atoms. The van der Waals surface area contributed by atoms with Crippen LogP contribution in [0.4, 0.5) is 4.79 Å². The lowest BCUT2D eigenvalue weighted by Crippen LogP contribution is -2.45. The van der Waals surface area contributed by atoms with Gasteiger partial charge in [-0.3, -0.25) is 4.79 Å². The third-order valence-corrected chi connectivity index (χ3v) is 4.11. The Bertz CT molecular complexity index is 566. The van der Waals surface area contributed by atoms with E-state index in [0.717, 1.165) is 11.3 Å². The van der Waals surface area contributed by atoms with E-state index in [1.54, 1.807) is 4.90 Å². The molecule has 0 aromatic heterocycles. The second kappa shape index (κ2) is 8.57. The smallest absolute Gasteiger partial charge is 0.317 e. The summed E-state index contributed by atoms with van der Waals surface area (Å²) in [6.45, 7) is 6.17. The fourth-order valence-corrected chi connectivity index (χ4v) is 2.66. The number of urea groups is 1. The van der Waals surface area contributed by atoms with E-state index < -0.39 is 5.97 Å². The minimum atomic E-state index is -0.772. The van der Waals surface area contributed by atoms with Gasteiger partial charge in [-0.1, -0.05) is 32.0 Å². The molecular formula is C18H26N2O4. The molecule has 24 heavy (non-hydrogen) atoms. The highest BCUT2D eigenvalue weighted by Crippen LogP contribution is 2.20. The number of carboxylic acid groups (broad SMARTS) is 1. The number of rotatable bonds is 6. The van der Waals surface area contributed by atoms with Crippen molar-refractivity contribution in [2.45, 2.75) is 33.2 Å². The normalized spacial score (nSPS) is 15.4. The molecule has 0 aliphatic carbocycles. The number of amides is 2. The lowest BCUT2D eigenvalue weighted by molar-refractivity contribution is -0.143. The summed E-state index contributed by atoms with van der Waals surface area (Å²) in [6.07, 6.45) is 1.02. The molecule has 1 aromatic carbocycles. The van der Waals surface area contributed by atoms with E-state index in [9.17, 15) is 9.59 Å². The van der Waals surface area contributed by atoms with Crippen LogP contribution in [0, 0.1) is 11.8 Å². The lowest BCUT2D eigenvalue weighted by atomic mass is 9.97. The Hall–Kier alpha value is -2.24. The van der Waals surface area contributed by atoms with Crippen molar-refractivity contribution in [2.75, 3.05) is 19.7 Å². The van der Waals surface area contributed by atoms with Crippen LogP contribution in [0.15, 0.2) is 24.3 Å². The van der Waals surface area contributed by atoms with Gasteiger partial charge in [-0.05, 0) is 24.8 Å². The number of nitrogens with one attached hydrogen (secondary N) is 1. The van der Waals surface area contributed by atoms with Gasteiger partial charge in [0.1, 0.15) is 5.75 Å². The van der Waals surface area contributed by atoms with Crippen LogP contribution in [0.25, 0.3) is 0 Å². The minimum Gasteiger partial charge on any atom is -0.493 e. The van der Waals surface area contributed by atoms with Crippen molar-refractivity contribution in [1.29, 1.82) is 0 Å².